The number of nitrogens with zero attached hydrogens (tertiary/aromatic N) is 2. The molecule has 0 aromatic heterocycles. The molecule has 0 aliphatic rings. The van der Waals surface area contributed by atoms with Gasteiger partial charge in [0.2, 0.25) is 0 Å². The van der Waals surface area contributed by atoms with Crippen LogP contribution in [0.15, 0.2) is 63.7 Å². The molecular weight excluding hydrogens is 364 g/mol. The summed E-state index contributed by atoms with van der Waals surface area (Å²) < 4.78 is 32.0. The third-order valence-corrected chi connectivity index (χ3v) is 4.98. The van der Waals surface area contributed by atoms with Crippen LogP contribution in [-0.2, 0) is 10.1 Å². The van der Waals surface area contributed by atoms with Gasteiger partial charge >= 0.3 is 0 Å². The number of halogens is 1. The predicted octanol–water partition coefficient (Wildman–Crippen LogP) is 5.17. The third-order valence-electron chi connectivity index (χ3n) is 3.67. The molecule has 6 nitrogen and oxygen atoms in total. The molecule has 0 saturated heterocycles. The van der Waals surface area contributed by atoms with Crippen LogP contribution in [0.5, 0.6) is 5.75 Å². The van der Waals surface area contributed by atoms with Crippen LogP contribution in [0.4, 0.5) is 11.4 Å². The first-order valence-electron chi connectivity index (χ1n) is 7.17. The number of benzene rings is 3. The lowest BCUT2D eigenvalue weighted by Crippen LogP contribution is -1.99. The highest BCUT2D eigenvalue weighted by Gasteiger charge is 2.17. The van der Waals surface area contributed by atoms with Gasteiger partial charge in [0, 0.05) is 5.39 Å². The van der Waals surface area contributed by atoms with Crippen LogP contribution >= 0.6 is 11.6 Å². The molecule has 0 amide bonds. The summed E-state index contributed by atoms with van der Waals surface area (Å²) in [6, 6.07) is 13.1. The minimum absolute atomic E-state index is 0.0518. The first-order chi connectivity index (χ1) is 11.8. The molecule has 0 aliphatic heterocycles. The van der Waals surface area contributed by atoms with Gasteiger partial charge in [-0.15, -0.1) is 5.11 Å². The van der Waals surface area contributed by atoms with Crippen molar-refractivity contribution >= 4 is 43.9 Å². The molecule has 0 spiro atoms. The number of phenols is 1. The molecule has 8 heteroatoms. The topological polar surface area (TPSA) is 99.3 Å². The van der Waals surface area contributed by atoms with Crippen LogP contribution in [0.1, 0.15) is 5.56 Å². The lowest BCUT2D eigenvalue weighted by atomic mass is 10.1. The number of aromatic hydroxyl groups is 1. The Hall–Kier alpha value is -2.48. The van der Waals surface area contributed by atoms with Crippen molar-refractivity contribution in [1.29, 1.82) is 0 Å². The lowest BCUT2D eigenvalue weighted by Gasteiger charge is -2.06. The maximum Gasteiger partial charge on any atom is 0.296 e. The first kappa shape index (κ1) is 17.3. The van der Waals surface area contributed by atoms with E-state index in [-0.39, 0.29) is 22.1 Å². The molecule has 25 heavy (non-hydrogen) atoms. The third kappa shape index (κ3) is 3.48. The maximum absolute atomic E-state index is 11.4. The van der Waals surface area contributed by atoms with Gasteiger partial charge in [-0.2, -0.15) is 13.5 Å². The normalized spacial score (nSPS) is 12.1. The van der Waals surface area contributed by atoms with Crippen LogP contribution in [0, 0.1) is 6.92 Å². The molecule has 0 aliphatic carbocycles. The summed E-state index contributed by atoms with van der Waals surface area (Å²) in [5.41, 5.74) is 1.05. The first-order valence-corrected chi connectivity index (χ1v) is 8.99. The summed E-state index contributed by atoms with van der Waals surface area (Å²) in [6.07, 6.45) is 0. The molecule has 2 N–H and O–H groups in total. The van der Waals surface area contributed by atoms with Crippen LogP contribution < -0.4 is 0 Å². The Bertz CT molecular complexity index is 1110. The summed E-state index contributed by atoms with van der Waals surface area (Å²) >= 11 is 5.86. The molecular formula is C17H13ClN2O4S. The van der Waals surface area contributed by atoms with Crippen molar-refractivity contribution in [3.8, 4) is 5.75 Å². The lowest BCUT2D eigenvalue weighted by molar-refractivity contribution is 0.477. The van der Waals surface area contributed by atoms with Gasteiger partial charge in [-0.3, -0.25) is 4.55 Å². The Kier molecular flexibility index (Phi) is 4.47. The zero-order valence-electron chi connectivity index (χ0n) is 13.0. The van der Waals surface area contributed by atoms with Gasteiger partial charge in [-0.05, 0) is 36.1 Å². The smallest absolute Gasteiger partial charge is 0.296 e. The molecule has 0 radical (unpaired) electrons. The number of rotatable bonds is 3. The van der Waals surface area contributed by atoms with Gasteiger partial charge < -0.3 is 5.11 Å². The van der Waals surface area contributed by atoms with Crippen molar-refractivity contribution in [1.82, 2.24) is 0 Å². The van der Waals surface area contributed by atoms with Gasteiger partial charge in [0.15, 0.2) is 0 Å². The standard InChI is InChI=1S/C17H13ClN2O4S/c1-10-8-13(18)16(25(22,23)24)9-14(10)19-20-17-12-5-3-2-4-11(12)6-7-15(17)21/h2-9,21H,1H3,(H,22,23,24). The van der Waals surface area contributed by atoms with Crippen molar-refractivity contribution in [2.75, 3.05) is 0 Å². The van der Waals surface area contributed by atoms with E-state index in [0.717, 1.165) is 11.5 Å². The van der Waals surface area contributed by atoms with E-state index in [9.17, 15) is 18.1 Å². The highest BCUT2D eigenvalue weighted by molar-refractivity contribution is 7.86. The van der Waals surface area contributed by atoms with E-state index in [0.29, 0.717) is 10.9 Å². The Morgan fingerprint density at radius 1 is 1.04 bits per heavy atom. The molecule has 3 aromatic carbocycles. The highest BCUT2D eigenvalue weighted by Crippen LogP contribution is 2.37. The zero-order valence-corrected chi connectivity index (χ0v) is 14.6. The SMILES string of the molecule is Cc1cc(Cl)c(S(=O)(=O)O)cc1N=Nc1c(O)ccc2ccccc12. The molecule has 0 bridgehead atoms. The summed E-state index contributed by atoms with van der Waals surface area (Å²) in [5, 5.41) is 19.7. The molecule has 0 fully saturated rings. The number of fused-ring (bicyclic) bond motifs is 1. The van der Waals surface area contributed by atoms with Gasteiger partial charge in [-0.25, -0.2) is 0 Å². The largest absolute Gasteiger partial charge is 0.506 e. The second kappa shape index (κ2) is 6.44. The Morgan fingerprint density at radius 2 is 1.76 bits per heavy atom. The monoisotopic (exact) mass is 376 g/mol. The maximum atomic E-state index is 11.4. The van der Waals surface area contributed by atoms with E-state index >= 15 is 0 Å². The number of azo groups is 1. The molecule has 0 unspecified atom stereocenters. The van der Waals surface area contributed by atoms with Crippen LogP contribution in [0.25, 0.3) is 10.8 Å². The van der Waals surface area contributed by atoms with E-state index < -0.39 is 15.0 Å². The average molecular weight is 377 g/mol. The molecule has 0 atom stereocenters. The van der Waals surface area contributed by atoms with Gasteiger partial charge in [0.1, 0.15) is 16.3 Å². The van der Waals surface area contributed by atoms with Crippen molar-refractivity contribution in [3.05, 3.63) is 59.1 Å². The predicted molar refractivity (Wildman–Crippen MR) is 95.8 cm³/mol. The molecule has 0 heterocycles. The van der Waals surface area contributed by atoms with E-state index in [1.807, 2.05) is 18.2 Å². The fourth-order valence-electron chi connectivity index (χ4n) is 2.40. The average Bonchev–Trinajstić information content (AvgIpc) is 2.54. The molecule has 128 valence electrons. The van der Waals surface area contributed by atoms with Gasteiger partial charge in [0.05, 0.1) is 10.7 Å². The second-order valence-electron chi connectivity index (χ2n) is 5.40. The summed E-state index contributed by atoms with van der Waals surface area (Å²) in [4.78, 5) is -0.448. The van der Waals surface area contributed by atoms with E-state index in [1.165, 1.54) is 12.1 Å². The number of aryl methyl sites for hydroxylation is 1. The Morgan fingerprint density at radius 3 is 2.48 bits per heavy atom. The van der Waals surface area contributed by atoms with Crippen LogP contribution in [0.2, 0.25) is 5.02 Å². The number of hydrogen-bond donors (Lipinski definition) is 2. The van der Waals surface area contributed by atoms with Gasteiger partial charge in [0.25, 0.3) is 10.1 Å². The van der Waals surface area contributed by atoms with Crippen molar-refractivity contribution in [2.45, 2.75) is 11.8 Å². The summed E-state index contributed by atoms with van der Waals surface area (Å²) in [7, 11) is -4.48. The van der Waals surface area contributed by atoms with Crippen LogP contribution in [0.3, 0.4) is 0 Å². The zero-order chi connectivity index (χ0) is 18.2. The molecule has 3 aromatic rings. The minimum Gasteiger partial charge on any atom is -0.506 e. The van der Waals surface area contributed by atoms with Gasteiger partial charge in [-0.1, -0.05) is 41.9 Å². The van der Waals surface area contributed by atoms with E-state index in [2.05, 4.69) is 10.2 Å². The quantitative estimate of drug-likeness (QED) is 0.486. The fraction of sp³-hybridized carbons (Fsp3) is 0.0588. The summed E-state index contributed by atoms with van der Waals surface area (Å²) in [5.74, 6) is -0.0518. The van der Waals surface area contributed by atoms with Crippen LogP contribution in [-0.4, -0.2) is 18.1 Å². The van der Waals surface area contributed by atoms with Crippen molar-refractivity contribution in [2.24, 2.45) is 10.2 Å². The fourth-order valence-corrected chi connectivity index (χ4v) is 3.48. The molecule has 0 saturated carbocycles. The second-order valence-corrected chi connectivity index (χ2v) is 7.20. The van der Waals surface area contributed by atoms with E-state index in [1.54, 1.807) is 19.1 Å². The van der Waals surface area contributed by atoms with E-state index in [4.69, 9.17) is 11.6 Å². The highest BCUT2D eigenvalue weighted by atomic mass is 35.5. The summed E-state index contributed by atoms with van der Waals surface area (Å²) in [6.45, 7) is 1.68. The Labute approximate surface area is 149 Å². The van der Waals surface area contributed by atoms with Crippen molar-refractivity contribution in [3.63, 3.8) is 0 Å². The van der Waals surface area contributed by atoms with Crippen molar-refractivity contribution < 1.29 is 18.1 Å². The Balaban J connectivity index is 2.14. The minimum atomic E-state index is -4.48. The number of phenolic OH excluding ortho intramolecular Hbond substituents is 1. The number of hydrogen-bond acceptors (Lipinski definition) is 5. The molecule has 3 rings (SSSR count).